The van der Waals surface area contributed by atoms with Gasteiger partial charge in [0, 0.05) is 18.8 Å². The highest BCUT2D eigenvalue weighted by atomic mass is 16.3. The van der Waals surface area contributed by atoms with Crippen LogP contribution in [0.2, 0.25) is 0 Å². The highest BCUT2D eigenvalue weighted by Gasteiger charge is 2.73. The van der Waals surface area contributed by atoms with Crippen LogP contribution in [0.1, 0.15) is 46.5 Å². The molecule has 1 saturated heterocycles. The van der Waals surface area contributed by atoms with Crippen molar-refractivity contribution in [1.29, 1.82) is 15.8 Å². The maximum Gasteiger partial charge on any atom is 0.245 e. The largest absolute Gasteiger partial charge is 0.371 e. The molecule has 2 fully saturated rings. The van der Waals surface area contributed by atoms with Gasteiger partial charge in [-0.1, -0.05) is 23.3 Å². The number of aliphatic hydroxyl groups is 1. The van der Waals surface area contributed by atoms with Gasteiger partial charge >= 0.3 is 0 Å². The van der Waals surface area contributed by atoms with Gasteiger partial charge < -0.3 is 10.4 Å². The number of amides is 1. The molecule has 1 saturated carbocycles. The van der Waals surface area contributed by atoms with Gasteiger partial charge in [0.1, 0.15) is 5.72 Å². The molecule has 0 aromatic heterocycles. The average molecular weight is 338 g/mol. The number of rotatable bonds is 4. The summed E-state index contributed by atoms with van der Waals surface area (Å²) in [5, 5.41) is 42.2. The van der Waals surface area contributed by atoms with E-state index in [1.165, 1.54) is 5.57 Å². The number of hydrogen-bond donors (Lipinski definition) is 2. The lowest BCUT2D eigenvalue weighted by molar-refractivity contribution is -0.128. The van der Waals surface area contributed by atoms with Crippen molar-refractivity contribution in [1.82, 2.24) is 5.32 Å². The van der Waals surface area contributed by atoms with Crippen LogP contribution in [0, 0.1) is 50.7 Å². The zero-order chi connectivity index (χ0) is 18.9. The molecule has 130 valence electrons. The second-order valence-corrected chi connectivity index (χ2v) is 7.36. The van der Waals surface area contributed by atoms with E-state index in [1.807, 2.05) is 39.0 Å². The van der Waals surface area contributed by atoms with Crippen molar-refractivity contribution in [2.75, 3.05) is 0 Å². The van der Waals surface area contributed by atoms with Gasteiger partial charge in [-0.3, -0.25) is 4.79 Å². The van der Waals surface area contributed by atoms with Crippen LogP contribution in [0.3, 0.4) is 0 Å². The van der Waals surface area contributed by atoms with Crippen LogP contribution < -0.4 is 5.32 Å². The van der Waals surface area contributed by atoms with E-state index in [0.717, 1.165) is 18.4 Å². The lowest BCUT2D eigenvalue weighted by Gasteiger charge is -2.42. The molecule has 0 aromatic carbocycles. The Morgan fingerprint density at radius 3 is 2.44 bits per heavy atom. The van der Waals surface area contributed by atoms with Crippen LogP contribution >= 0.6 is 0 Å². The standard InChI is InChI=1S/C19H22N4O2/c1-13(2)5-4-6-14(3)7-15-8-19(25)9-17(10-20,16(24)23-19)18(15,11-21)12-22/h5,7,15,25H,4,6,8-9H2,1-3H3,(H,23,24). The third kappa shape index (κ3) is 2.82. The second kappa shape index (κ2) is 6.36. The van der Waals surface area contributed by atoms with Gasteiger partial charge in [0.25, 0.3) is 0 Å². The molecule has 6 nitrogen and oxygen atoms in total. The molecule has 6 heteroatoms. The Morgan fingerprint density at radius 1 is 1.28 bits per heavy atom. The third-order valence-electron chi connectivity index (χ3n) is 5.20. The molecule has 1 aliphatic carbocycles. The first-order valence-electron chi connectivity index (χ1n) is 8.28. The van der Waals surface area contributed by atoms with Crippen molar-refractivity contribution >= 4 is 5.91 Å². The molecule has 3 atom stereocenters. The Kier molecular flexibility index (Phi) is 4.76. The fraction of sp³-hybridized carbons (Fsp3) is 0.579. The Bertz CT molecular complexity index is 759. The summed E-state index contributed by atoms with van der Waals surface area (Å²) < 4.78 is 0. The normalized spacial score (nSPS) is 32.8. The van der Waals surface area contributed by atoms with Crippen LogP contribution in [0.15, 0.2) is 23.3 Å². The fourth-order valence-corrected chi connectivity index (χ4v) is 3.92. The van der Waals surface area contributed by atoms with E-state index in [4.69, 9.17) is 0 Å². The minimum absolute atomic E-state index is 0.0449. The van der Waals surface area contributed by atoms with Gasteiger partial charge in [-0.2, -0.15) is 15.8 Å². The first-order valence-corrected chi connectivity index (χ1v) is 8.28. The molecule has 3 unspecified atom stereocenters. The van der Waals surface area contributed by atoms with Gasteiger partial charge in [-0.05, 0) is 33.6 Å². The number of allylic oxidation sites excluding steroid dienone is 4. The number of fused-ring (bicyclic) bond motifs is 2. The topological polar surface area (TPSA) is 121 Å². The second-order valence-electron chi connectivity index (χ2n) is 7.36. The lowest BCUT2D eigenvalue weighted by atomic mass is 9.52. The number of carbonyl (C=O) groups excluding carboxylic acids is 1. The molecular weight excluding hydrogens is 316 g/mol. The molecule has 2 bridgehead atoms. The van der Waals surface area contributed by atoms with Gasteiger partial charge in [-0.25, -0.2) is 0 Å². The summed E-state index contributed by atoms with van der Waals surface area (Å²) in [4.78, 5) is 12.4. The number of nitrogens with one attached hydrogen (secondary N) is 1. The summed E-state index contributed by atoms with van der Waals surface area (Å²) in [7, 11) is 0. The van der Waals surface area contributed by atoms with Crippen molar-refractivity contribution in [2.45, 2.75) is 52.2 Å². The molecule has 0 aromatic rings. The van der Waals surface area contributed by atoms with Crippen molar-refractivity contribution in [2.24, 2.45) is 16.7 Å². The van der Waals surface area contributed by atoms with Gasteiger partial charge in [0.05, 0.1) is 18.2 Å². The summed E-state index contributed by atoms with van der Waals surface area (Å²) in [5.41, 5.74) is -3.05. The Labute approximate surface area is 148 Å². The quantitative estimate of drug-likeness (QED) is 0.763. The van der Waals surface area contributed by atoms with Gasteiger partial charge in [-0.15, -0.1) is 0 Å². The molecule has 25 heavy (non-hydrogen) atoms. The molecule has 2 aliphatic rings. The Hall–Kier alpha value is -2.62. The Balaban J connectivity index is 2.46. The van der Waals surface area contributed by atoms with E-state index >= 15 is 0 Å². The maximum atomic E-state index is 12.4. The number of hydrogen-bond acceptors (Lipinski definition) is 5. The molecule has 0 spiro atoms. The summed E-state index contributed by atoms with van der Waals surface area (Å²) in [6.45, 7) is 5.92. The van der Waals surface area contributed by atoms with E-state index in [9.17, 15) is 25.7 Å². The molecule has 1 amide bonds. The predicted molar refractivity (Wildman–Crippen MR) is 89.9 cm³/mol. The molecule has 2 rings (SSSR count). The number of nitriles is 3. The zero-order valence-electron chi connectivity index (χ0n) is 14.8. The highest BCUT2D eigenvalue weighted by molar-refractivity contribution is 5.91. The summed E-state index contributed by atoms with van der Waals surface area (Å²) >= 11 is 0. The molecule has 1 aliphatic heterocycles. The minimum atomic E-state index is -1.86. The van der Waals surface area contributed by atoms with Crippen molar-refractivity contribution in [3.63, 3.8) is 0 Å². The van der Waals surface area contributed by atoms with Crippen LogP contribution in [0.4, 0.5) is 0 Å². The van der Waals surface area contributed by atoms with Crippen LogP contribution in [0.25, 0.3) is 0 Å². The van der Waals surface area contributed by atoms with E-state index < -0.39 is 28.4 Å². The van der Waals surface area contributed by atoms with E-state index in [-0.39, 0.29) is 12.8 Å². The Morgan fingerprint density at radius 2 is 1.92 bits per heavy atom. The number of carbonyl (C=O) groups is 1. The van der Waals surface area contributed by atoms with Crippen LogP contribution in [-0.4, -0.2) is 16.7 Å². The van der Waals surface area contributed by atoms with Gasteiger partial charge in [0.15, 0.2) is 10.8 Å². The van der Waals surface area contributed by atoms with Gasteiger partial charge in [0.2, 0.25) is 5.91 Å². The van der Waals surface area contributed by atoms with Crippen molar-refractivity contribution in [3.8, 4) is 18.2 Å². The summed E-state index contributed by atoms with van der Waals surface area (Å²) in [6, 6.07) is 5.79. The van der Waals surface area contributed by atoms with Crippen LogP contribution in [-0.2, 0) is 4.79 Å². The smallest absolute Gasteiger partial charge is 0.245 e. The average Bonchev–Trinajstić information content (AvgIpc) is 2.76. The predicted octanol–water partition coefficient (Wildman–Crippen LogP) is 2.45. The number of nitrogens with zero attached hydrogens (tertiary/aromatic N) is 3. The van der Waals surface area contributed by atoms with E-state index in [0.29, 0.717) is 0 Å². The lowest BCUT2D eigenvalue weighted by Crippen LogP contribution is -2.52. The first-order chi connectivity index (χ1) is 11.7. The zero-order valence-corrected chi connectivity index (χ0v) is 14.8. The monoisotopic (exact) mass is 338 g/mol. The SMILES string of the molecule is CC(C)=CCCC(C)=CC1CC2(O)CC(C#N)(C(=O)N2)C1(C#N)C#N. The maximum absolute atomic E-state index is 12.4. The van der Waals surface area contributed by atoms with Crippen molar-refractivity contribution < 1.29 is 9.90 Å². The fourth-order valence-electron chi connectivity index (χ4n) is 3.92. The van der Waals surface area contributed by atoms with Crippen LogP contribution in [0.5, 0.6) is 0 Å². The summed E-state index contributed by atoms with van der Waals surface area (Å²) in [5.74, 6) is -1.44. The van der Waals surface area contributed by atoms with Crippen molar-refractivity contribution in [3.05, 3.63) is 23.3 Å². The minimum Gasteiger partial charge on any atom is -0.371 e. The molecular formula is C19H22N4O2. The van der Waals surface area contributed by atoms with E-state index in [1.54, 1.807) is 6.08 Å². The molecule has 1 heterocycles. The molecule has 2 N–H and O–H groups in total. The summed E-state index contributed by atoms with van der Waals surface area (Å²) in [6.07, 6.45) is 5.25. The van der Waals surface area contributed by atoms with E-state index in [2.05, 4.69) is 11.4 Å². The first kappa shape index (κ1) is 18.7. The highest BCUT2D eigenvalue weighted by Crippen LogP contribution is 2.59. The third-order valence-corrected chi connectivity index (χ3v) is 5.20. The molecule has 0 radical (unpaired) electrons.